The fourth-order valence-electron chi connectivity index (χ4n) is 1.19. The van der Waals surface area contributed by atoms with E-state index in [0.29, 0.717) is 9.86 Å². The van der Waals surface area contributed by atoms with Crippen LogP contribution in [0.2, 0.25) is 0 Å². The van der Waals surface area contributed by atoms with Crippen LogP contribution in [0, 0.1) is 11.6 Å². The molecule has 1 aromatic heterocycles. The summed E-state index contributed by atoms with van der Waals surface area (Å²) in [6.07, 6.45) is 1.63. The smallest absolute Gasteiger partial charge is 0.186 e. The third-order valence-corrected chi connectivity index (χ3v) is 2.41. The predicted molar refractivity (Wildman–Crippen MR) is 48.3 cm³/mol. The number of hydrogen-bond acceptors (Lipinski definition) is 1. The van der Waals surface area contributed by atoms with Crippen molar-refractivity contribution in [3.05, 3.63) is 28.4 Å². The van der Waals surface area contributed by atoms with Gasteiger partial charge in [0.05, 0.1) is 0 Å². The number of fused-ring (bicyclic) bond motifs is 1. The molecule has 0 saturated carbocycles. The molecular formula is C8H5BrF2N2. The first-order valence-corrected chi connectivity index (χ1v) is 4.35. The quantitative estimate of drug-likeness (QED) is 0.654. The van der Waals surface area contributed by atoms with Crippen molar-refractivity contribution in [2.24, 2.45) is 7.05 Å². The van der Waals surface area contributed by atoms with Gasteiger partial charge in [-0.2, -0.15) is 5.10 Å². The number of hydrogen-bond donors (Lipinski definition) is 0. The summed E-state index contributed by atoms with van der Waals surface area (Å²) in [6.45, 7) is 0. The van der Waals surface area contributed by atoms with Gasteiger partial charge in [0.15, 0.2) is 11.6 Å². The van der Waals surface area contributed by atoms with Gasteiger partial charge in [-0.15, -0.1) is 0 Å². The molecule has 0 fully saturated rings. The SMILES string of the molecule is Cn1cc2c(Br)cc(F)c(F)c2n1. The molecule has 2 nitrogen and oxygen atoms in total. The molecule has 0 N–H and O–H groups in total. The van der Waals surface area contributed by atoms with E-state index in [1.54, 1.807) is 13.2 Å². The van der Waals surface area contributed by atoms with E-state index in [1.807, 2.05) is 0 Å². The first-order chi connectivity index (χ1) is 6.09. The van der Waals surface area contributed by atoms with Crippen LogP contribution in [0.1, 0.15) is 0 Å². The molecule has 0 radical (unpaired) electrons. The molecule has 68 valence electrons. The van der Waals surface area contributed by atoms with Gasteiger partial charge >= 0.3 is 0 Å². The molecular weight excluding hydrogens is 242 g/mol. The number of aryl methyl sites for hydroxylation is 1. The second kappa shape index (κ2) is 2.77. The van der Waals surface area contributed by atoms with E-state index < -0.39 is 11.6 Å². The molecule has 0 aliphatic rings. The van der Waals surface area contributed by atoms with Gasteiger partial charge in [-0.1, -0.05) is 0 Å². The molecule has 5 heteroatoms. The normalized spacial score (nSPS) is 11.1. The fraction of sp³-hybridized carbons (Fsp3) is 0.125. The molecule has 0 atom stereocenters. The van der Waals surface area contributed by atoms with Crippen LogP contribution in [-0.2, 0) is 7.05 Å². The number of benzene rings is 1. The largest absolute Gasteiger partial charge is 0.274 e. The van der Waals surface area contributed by atoms with Crippen molar-refractivity contribution in [1.82, 2.24) is 9.78 Å². The van der Waals surface area contributed by atoms with E-state index >= 15 is 0 Å². The summed E-state index contributed by atoms with van der Waals surface area (Å²) in [5, 5.41) is 4.38. The Morgan fingerprint density at radius 1 is 1.46 bits per heavy atom. The van der Waals surface area contributed by atoms with Crippen LogP contribution in [0.3, 0.4) is 0 Å². The molecule has 0 aliphatic carbocycles. The second-order valence-electron chi connectivity index (χ2n) is 2.72. The maximum Gasteiger partial charge on any atom is 0.186 e. The van der Waals surface area contributed by atoms with Crippen LogP contribution in [0.4, 0.5) is 8.78 Å². The van der Waals surface area contributed by atoms with Crippen molar-refractivity contribution in [3.8, 4) is 0 Å². The van der Waals surface area contributed by atoms with Crippen molar-refractivity contribution in [3.63, 3.8) is 0 Å². The summed E-state index contributed by atoms with van der Waals surface area (Å²) in [7, 11) is 1.66. The van der Waals surface area contributed by atoms with Crippen LogP contribution in [0.25, 0.3) is 10.9 Å². The Balaban J connectivity index is 2.95. The van der Waals surface area contributed by atoms with E-state index in [9.17, 15) is 8.78 Å². The minimum absolute atomic E-state index is 0.0503. The van der Waals surface area contributed by atoms with Crippen molar-refractivity contribution in [2.75, 3.05) is 0 Å². The minimum atomic E-state index is -0.904. The zero-order chi connectivity index (χ0) is 9.59. The van der Waals surface area contributed by atoms with E-state index in [2.05, 4.69) is 21.0 Å². The highest BCUT2D eigenvalue weighted by Crippen LogP contribution is 2.26. The van der Waals surface area contributed by atoms with Crippen molar-refractivity contribution in [2.45, 2.75) is 0 Å². The molecule has 1 heterocycles. The molecule has 0 unspecified atom stereocenters. The standard InChI is InChI=1S/C8H5BrF2N2/c1-13-3-4-5(9)2-6(10)7(11)8(4)12-13/h2-3H,1H3. The molecule has 0 saturated heterocycles. The van der Waals surface area contributed by atoms with Gasteiger partial charge in [0.2, 0.25) is 0 Å². The molecule has 13 heavy (non-hydrogen) atoms. The topological polar surface area (TPSA) is 17.8 Å². The van der Waals surface area contributed by atoms with E-state index in [4.69, 9.17) is 0 Å². The molecule has 0 amide bonds. The lowest BCUT2D eigenvalue weighted by Crippen LogP contribution is -1.88. The summed E-state index contributed by atoms with van der Waals surface area (Å²) >= 11 is 3.14. The van der Waals surface area contributed by atoms with Crippen LogP contribution in [-0.4, -0.2) is 9.78 Å². The maximum absolute atomic E-state index is 13.1. The predicted octanol–water partition coefficient (Wildman–Crippen LogP) is 2.61. The number of halogens is 3. The second-order valence-corrected chi connectivity index (χ2v) is 3.57. The lowest BCUT2D eigenvalue weighted by Gasteiger charge is -1.95. The van der Waals surface area contributed by atoms with Crippen LogP contribution < -0.4 is 0 Å². The van der Waals surface area contributed by atoms with Crippen molar-refractivity contribution < 1.29 is 8.78 Å². The number of aromatic nitrogens is 2. The van der Waals surface area contributed by atoms with Gasteiger partial charge in [0.25, 0.3) is 0 Å². The third kappa shape index (κ3) is 1.23. The number of rotatable bonds is 0. The van der Waals surface area contributed by atoms with E-state index in [0.717, 1.165) is 6.07 Å². The Hall–Kier alpha value is -0.970. The van der Waals surface area contributed by atoms with Gasteiger partial charge in [-0.05, 0) is 22.0 Å². The summed E-state index contributed by atoms with van der Waals surface area (Å²) < 4.78 is 27.9. The summed E-state index contributed by atoms with van der Waals surface area (Å²) in [6, 6.07) is 1.10. The first-order valence-electron chi connectivity index (χ1n) is 3.56. The van der Waals surface area contributed by atoms with Gasteiger partial charge in [-0.25, -0.2) is 8.78 Å². The summed E-state index contributed by atoms with van der Waals surface area (Å²) in [4.78, 5) is 0. The van der Waals surface area contributed by atoms with E-state index in [-0.39, 0.29) is 5.52 Å². The lowest BCUT2D eigenvalue weighted by molar-refractivity contribution is 0.514. The Labute approximate surface area is 81.3 Å². The average molecular weight is 247 g/mol. The molecule has 2 rings (SSSR count). The molecule has 0 spiro atoms. The van der Waals surface area contributed by atoms with Crippen LogP contribution in [0.15, 0.2) is 16.7 Å². The van der Waals surface area contributed by atoms with Gasteiger partial charge < -0.3 is 0 Å². The Bertz CT molecular complexity index is 478. The Morgan fingerprint density at radius 3 is 2.85 bits per heavy atom. The molecule has 0 aliphatic heterocycles. The Morgan fingerprint density at radius 2 is 2.15 bits per heavy atom. The highest BCUT2D eigenvalue weighted by atomic mass is 79.9. The van der Waals surface area contributed by atoms with E-state index in [1.165, 1.54) is 4.68 Å². The Kier molecular flexibility index (Phi) is 1.83. The third-order valence-electron chi connectivity index (χ3n) is 1.76. The van der Waals surface area contributed by atoms with Crippen LogP contribution in [0.5, 0.6) is 0 Å². The van der Waals surface area contributed by atoms with Gasteiger partial charge in [-0.3, -0.25) is 4.68 Å². The van der Waals surface area contributed by atoms with Gasteiger partial charge in [0, 0.05) is 23.1 Å². The minimum Gasteiger partial charge on any atom is -0.274 e. The first kappa shape index (κ1) is 8.62. The highest BCUT2D eigenvalue weighted by molar-refractivity contribution is 9.10. The summed E-state index contributed by atoms with van der Waals surface area (Å²) in [5.41, 5.74) is 0.0503. The van der Waals surface area contributed by atoms with Crippen molar-refractivity contribution >= 4 is 26.8 Å². The lowest BCUT2D eigenvalue weighted by atomic mass is 10.2. The molecule has 2 aromatic rings. The monoisotopic (exact) mass is 246 g/mol. The fourth-order valence-corrected chi connectivity index (χ4v) is 1.68. The average Bonchev–Trinajstić information content (AvgIpc) is 2.44. The summed E-state index contributed by atoms with van der Waals surface area (Å²) in [5.74, 6) is -1.79. The highest BCUT2D eigenvalue weighted by Gasteiger charge is 2.13. The zero-order valence-corrected chi connectivity index (χ0v) is 8.27. The molecule has 0 bridgehead atoms. The maximum atomic E-state index is 13.1. The molecule has 1 aromatic carbocycles. The number of nitrogens with zero attached hydrogens (tertiary/aromatic N) is 2. The van der Waals surface area contributed by atoms with Crippen molar-refractivity contribution in [1.29, 1.82) is 0 Å². The van der Waals surface area contributed by atoms with Crippen LogP contribution >= 0.6 is 15.9 Å². The zero-order valence-electron chi connectivity index (χ0n) is 6.68. The van der Waals surface area contributed by atoms with Gasteiger partial charge in [0.1, 0.15) is 5.52 Å².